The van der Waals surface area contributed by atoms with Crippen molar-refractivity contribution in [3.63, 3.8) is 0 Å². The van der Waals surface area contributed by atoms with Gasteiger partial charge in [0.1, 0.15) is 17.8 Å². The number of carbonyl (C=O) groups is 1. The number of phenolic OH excluding ortho intramolecular Hbond substituents is 1. The highest BCUT2D eigenvalue weighted by Gasteiger charge is 2.07. The zero-order valence-electron chi connectivity index (χ0n) is 10.1. The molecule has 3 heteroatoms. The first-order valence-electron chi connectivity index (χ1n) is 5.76. The summed E-state index contributed by atoms with van der Waals surface area (Å²) in [7, 11) is 0. The molecule has 0 aliphatic carbocycles. The summed E-state index contributed by atoms with van der Waals surface area (Å²) < 4.78 is 5.54. The van der Waals surface area contributed by atoms with E-state index in [0.29, 0.717) is 17.9 Å². The number of benzene rings is 2. The van der Waals surface area contributed by atoms with Gasteiger partial charge in [-0.25, -0.2) is 0 Å². The summed E-state index contributed by atoms with van der Waals surface area (Å²) in [4.78, 5) is 10.8. The normalized spacial score (nSPS) is 10.1. The first-order valence-corrected chi connectivity index (χ1v) is 5.76. The molecule has 2 aromatic carbocycles. The Kier molecular flexibility index (Phi) is 3.63. The number of hydrogen-bond acceptors (Lipinski definition) is 3. The summed E-state index contributed by atoms with van der Waals surface area (Å²) >= 11 is 0. The molecule has 0 aliphatic heterocycles. The van der Waals surface area contributed by atoms with Gasteiger partial charge >= 0.3 is 0 Å². The number of hydrogen-bond donors (Lipinski definition) is 1. The van der Waals surface area contributed by atoms with Gasteiger partial charge < -0.3 is 9.84 Å². The maximum absolute atomic E-state index is 10.8. The average molecular weight is 242 g/mol. The molecular formula is C15H14O3. The first-order chi connectivity index (χ1) is 8.74. The summed E-state index contributed by atoms with van der Waals surface area (Å²) in [5.41, 5.74) is 2.43. The Morgan fingerprint density at radius 2 is 1.89 bits per heavy atom. The van der Waals surface area contributed by atoms with Crippen molar-refractivity contribution in [1.29, 1.82) is 0 Å². The Labute approximate surface area is 106 Å². The molecule has 0 radical (unpaired) electrons. The Balaban J connectivity index is 2.48. The van der Waals surface area contributed by atoms with Gasteiger partial charge in [-0.15, -0.1) is 0 Å². The van der Waals surface area contributed by atoms with Gasteiger partial charge in [0.2, 0.25) is 0 Å². The molecule has 2 aromatic rings. The number of ether oxygens (including phenoxy) is 1. The molecule has 0 aromatic heterocycles. The number of phenols is 1. The van der Waals surface area contributed by atoms with Crippen LogP contribution in [0.1, 0.15) is 17.3 Å². The van der Waals surface area contributed by atoms with Crippen LogP contribution in [0.4, 0.5) is 0 Å². The third-order valence-corrected chi connectivity index (χ3v) is 2.62. The Morgan fingerprint density at radius 3 is 2.50 bits per heavy atom. The van der Waals surface area contributed by atoms with E-state index >= 15 is 0 Å². The highest BCUT2D eigenvalue weighted by molar-refractivity contribution is 5.80. The molecule has 92 valence electrons. The fourth-order valence-corrected chi connectivity index (χ4v) is 1.77. The minimum absolute atomic E-state index is 0.223. The molecule has 0 aliphatic rings. The third-order valence-electron chi connectivity index (χ3n) is 2.62. The predicted molar refractivity (Wildman–Crippen MR) is 70.1 cm³/mol. The Bertz CT molecular complexity index is 544. The molecule has 3 nitrogen and oxygen atoms in total. The molecule has 1 N–H and O–H groups in total. The van der Waals surface area contributed by atoms with E-state index in [1.165, 1.54) is 0 Å². The molecule has 0 amide bonds. The van der Waals surface area contributed by atoms with Crippen molar-refractivity contribution in [3.8, 4) is 22.6 Å². The van der Waals surface area contributed by atoms with E-state index in [4.69, 9.17) is 4.74 Å². The third kappa shape index (κ3) is 2.51. The fraction of sp³-hybridized carbons (Fsp3) is 0.133. The van der Waals surface area contributed by atoms with Gasteiger partial charge in [-0.1, -0.05) is 18.2 Å². The van der Waals surface area contributed by atoms with Crippen molar-refractivity contribution < 1.29 is 14.6 Å². The minimum Gasteiger partial charge on any atom is -0.508 e. The van der Waals surface area contributed by atoms with Gasteiger partial charge in [0, 0.05) is 11.1 Å². The van der Waals surface area contributed by atoms with E-state index in [2.05, 4.69) is 0 Å². The second-order valence-electron chi connectivity index (χ2n) is 3.85. The van der Waals surface area contributed by atoms with Gasteiger partial charge in [-0.2, -0.15) is 0 Å². The van der Waals surface area contributed by atoms with Gasteiger partial charge in [0.05, 0.1) is 6.61 Å². The van der Waals surface area contributed by atoms with Crippen molar-refractivity contribution in [2.45, 2.75) is 6.92 Å². The van der Waals surface area contributed by atoms with Crippen LogP contribution in [0.3, 0.4) is 0 Å². The van der Waals surface area contributed by atoms with Crippen molar-refractivity contribution >= 4 is 6.29 Å². The number of rotatable bonds is 4. The second kappa shape index (κ2) is 5.36. The Morgan fingerprint density at radius 1 is 1.17 bits per heavy atom. The summed E-state index contributed by atoms with van der Waals surface area (Å²) in [6, 6.07) is 12.2. The van der Waals surface area contributed by atoms with E-state index in [9.17, 15) is 9.90 Å². The van der Waals surface area contributed by atoms with Gasteiger partial charge in [0.15, 0.2) is 0 Å². The predicted octanol–water partition coefficient (Wildman–Crippen LogP) is 3.27. The maximum atomic E-state index is 10.8. The van der Waals surface area contributed by atoms with Crippen molar-refractivity contribution in [2.75, 3.05) is 6.61 Å². The molecular weight excluding hydrogens is 228 g/mol. The lowest BCUT2D eigenvalue weighted by Gasteiger charge is -2.11. The van der Waals surface area contributed by atoms with E-state index in [-0.39, 0.29) is 5.75 Å². The number of aldehydes is 1. The average Bonchev–Trinajstić information content (AvgIpc) is 2.40. The van der Waals surface area contributed by atoms with Crippen LogP contribution < -0.4 is 4.74 Å². The summed E-state index contributed by atoms with van der Waals surface area (Å²) in [5, 5.41) is 9.28. The van der Waals surface area contributed by atoms with E-state index in [0.717, 1.165) is 17.4 Å². The topological polar surface area (TPSA) is 46.5 Å². The van der Waals surface area contributed by atoms with Gasteiger partial charge in [0.25, 0.3) is 0 Å². The van der Waals surface area contributed by atoms with Crippen LogP contribution in [0.2, 0.25) is 0 Å². The SMILES string of the molecule is CCOc1cc(C=O)ccc1-c1ccc(O)cc1. The quantitative estimate of drug-likeness (QED) is 0.837. The minimum atomic E-state index is 0.223. The zero-order chi connectivity index (χ0) is 13.0. The smallest absolute Gasteiger partial charge is 0.150 e. The van der Waals surface area contributed by atoms with Gasteiger partial charge in [-0.05, 0) is 36.8 Å². The summed E-state index contributed by atoms with van der Waals surface area (Å²) in [5.74, 6) is 0.897. The van der Waals surface area contributed by atoms with Crippen molar-refractivity contribution in [2.24, 2.45) is 0 Å². The van der Waals surface area contributed by atoms with Crippen molar-refractivity contribution in [1.82, 2.24) is 0 Å². The first kappa shape index (κ1) is 12.2. The molecule has 0 bridgehead atoms. The second-order valence-corrected chi connectivity index (χ2v) is 3.85. The molecule has 0 fully saturated rings. The number of aromatic hydroxyl groups is 1. The largest absolute Gasteiger partial charge is 0.508 e. The highest BCUT2D eigenvalue weighted by atomic mass is 16.5. The maximum Gasteiger partial charge on any atom is 0.150 e. The zero-order valence-corrected chi connectivity index (χ0v) is 10.1. The van der Waals surface area contributed by atoms with Crippen LogP contribution in [0, 0.1) is 0 Å². The van der Waals surface area contributed by atoms with E-state index in [1.807, 2.05) is 25.1 Å². The standard InChI is InChI=1S/C15H14O3/c1-2-18-15-9-11(10-16)3-8-14(15)12-4-6-13(17)7-5-12/h3-10,17H,2H2,1H3. The molecule has 0 unspecified atom stereocenters. The highest BCUT2D eigenvalue weighted by Crippen LogP contribution is 2.31. The molecule has 2 rings (SSSR count). The van der Waals surface area contributed by atoms with Crippen LogP contribution in [-0.2, 0) is 0 Å². The van der Waals surface area contributed by atoms with Crippen LogP contribution in [0.15, 0.2) is 42.5 Å². The summed E-state index contributed by atoms with van der Waals surface area (Å²) in [6.07, 6.45) is 0.795. The molecule has 0 saturated heterocycles. The lowest BCUT2D eigenvalue weighted by Crippen LogP contribution is -1.95. The number of carbonyl (C=O) groups excluding carboxylic acids is 1. The molecule has 0 atom stereocenters. The van der Waals surface area contributed by atoms with Gasteiger partial charge in [-0.3, -0.25) is 4.79 Å². The molecule has 18 heavy (non-hydrogen) atoms. The van der Waals surface area contributed by atoms with Crippen LogP contribution in [-0.4, -0.2) is 18.0 Å². The summed E-state index contributed by atoms with van der Waals surface area (Å²) in [6.45, 7) is 2.43. The lowest BCUT2D eigenvalue weighted by molar-refractivity contribution is 0.112. The molecule has 0 heterocycles. The van der Waals surface area contributed by atoms with Crippen molar-refractivity contribution in [3.05, 3.63) is 48.0 Å². The Hall–Kier alpha value is -2.29. The lowest BCUT2D eigenvalue weighted by atomic mass is 10.0. The monoisotopic (exact) mass is 242 g/mol. The fourth-order valence-electron chi connectivity index (χ4n) is 1.77. The van der Waals surface area contributed by atoms with E-state index < -0.39 is 0 Å². The molecule has 0 saturated carbocycles. The van der Waals surface area contributed by atoms with Crippen LogP contribution in [0.25, 0.3) is 11.1 Å². The van der Waals surface area contributed by atoms with E-state index in [1.54, 1.807) is 24.3 Å². The van der Waals surface area contributed by atoms with Crippen LogP contribution in [0.5, 0.6) is 11.5 Å². The molecule has 0 spiro atoms. The van der Waals surface area contributed by atoms with Crippen LogP contribution >= 0.6 is 0 Å².